The number of aromatic nitrogens is 1. The molecule has 0 bridgehead atoms. The van der Waals surface area contributed by atoms with Crippen LogP contribution >= 0.6 is 0 Å². The van der Waals surface area contributed by atoms with E-state index >= 15 is 0 Å². The molecule has 1 heterocycles. The molecule has 0 spiro atoms. The molecule has 254 valence electrons. The highest BCUT2D eigenvalue weighted by Gasteiger charge is 2.31. The van der Waals surface area contributed by atoms with Crippen LogP contribution in [0.25, 0.3) is 22.3 Å². The van der Waals surface area contributed by atoms with Gasteiger partial charge >= 0.3 is 6.09 Å². The minimum absolute atomic E-state index is 0.452. The Kier molecular flexibility index (Phi) is 7.58. The van der Waals surface area contributed by atoms with E-state index in [4.69, 9.17) is 4.74 Å². The summed E-state index contributed by atoms with van der Waals surface area (Å²) in [4.78, 5) is 19.0. The van der Waals surface area contributed by atoms with Crippen molar-refractivity contribution in [1.82, 2.24) is 4.57 Å². The van der Waals surface area contributed by atoms with E-state index in [1.54, 1.807) is 4.57 Å². The Balaban J connectivity index is 1.24. The first-order chi connectivity index (χ1) is 25.3. The molecule has 0 saturated carbocycles. The van der Waals surface area contributed by atoms with E-state index < -0.39 is 11.7 Å². The molecule has 7 aromatic rings. The maximum atomic E-state index is 14.7. The highest BCUT2D eigenvalue weighted by molar-refractivity contribution is 5.92. The van der Waals surface area contributed by atoms with E-state index in [1.807, 2.05) is 69.3 Å². The number of nitrogens with zero attached hydrogens (tertiary/aromatic N) is 3. The maximum absolute atomic E-state index is 14.7. The molecular weight excluding hydrogens is 639 g/mol. The molecule has 5 heteroatoms. The fraction of sp³-hybridized carbons (Fsp3) is 0.128. The van der Waals surface area contributed by atoms with Gasteiger partial charge in [0.2, 0.25) is 0 Å². The van der Waals surface area contributed by atoms with Gasteiger partial charge in [0.25, 0.3) is 0 Å². The number of hydrogen-bond donors (Lipinski definition) is 0. The van der Waals surface area contributed by atoms with Crippen LogP contribution in [0.4, 0.5) is 39.2 Å². The third-order valence-electron chi connectivity index (χ3n) is 9.97. The van der Waals surface area contributed by atoms with Crippen molar-refractivity contribution in [2.24, 2.45) is 0 Å². The monoisotopic (exact) mass is 677 g/mol. The summed E-state index contributed by atoms with van der Waals surface area (Å²) in [6.07, 6.45) is 1.28. The van der Waals surface area contributed by atoms with Crippen LogP contribution in [0.2, 0.25) is 0 Å². The average Bonchev–Trinajstić information content (AvgIpc) is 3.85. The first-order valence-electron chi connectivity index (χ1n) is 17.9. The van der Waals surface area contributed by atoms with E-state index in [0.29, 0.717) is 11.6 Å². The number of hydrogen-bond acceptors (Lipinski definition) is 4. The Bertz CT molecular complexity index is 2300. The van der Waals surface area contributed by atoms with Gasteiger partial charge in [-0.3, -0.25) is 9.80 Å². The van der Waals surface area contributed by atoms with Gasteiger partial charge in [-0.15, -0.1) is 0 Å². The van der Waals surface area contributed by atoms with Crippen molar-refractivity contribution in [3.8, 4) is 22.3 Å². The zero-order chi connectivity index (χ0) is 35.4. The number of rotatable bonds is 6. The molecule has 5 nitrogen and oxygen atoms in total. The molecule has 0 fully saturated rings. The lowest BCUT2D eigenvalue weighted by Crippen LogP contribution is -2.30. The number of anilines is 6. The summed E-state index contributed by atoms with van der Waals surface area (Å²) in [5.41, 5.74) is 13.4. The van der Waals surface area contributed by atoms with Crippen LogP contribution in [0, 0.1) is 0 Å². The first kappa shape index (κ1) is 31.6. The summed E-state index contributed by atoms with van der Waals surface area (Å²) in [6.45, 7) is 5.73. The molecule has 0 N–H and O–H groups in total. The van der Waals surface area contributed by atoms with Crippen molar-refractivity contribution in [2.45, 2.75) is 39.2 Å². The van der Waals surface area contributed by atoms with Gasteiger partial charge in [0.05, 0.1) is 0 Å². The lowest BCUT2D eigenvalue weighted by Gasteiger charge is -2.31. The van der Waals surface area contributed by atoms with Gasteiger partial charge in [-0.25, -0.2) is 9.36 Å². The second kappa shape index (κ2) is 12.5. The smallest absolute Gasteiger partial charge is 0.421 e. The quantitative estimate of drug-likeness (QED) is 0.176. The Labute approximate surface area is 305 Å². The number of fused-ring (bicyclic) bond motifs is 6. The van der Waals surface area contributed by atoms with Gasteiger partial charge in [-0.2, -0.15) is 0 Å². The molecule has 2 aliphatic carbocycles. The molecule has 52 heavy (non-hydrogen) atoms. The second-order valence-electron chi connectivity index (χ2n) is 14.6. The molecule has 0 atom stereocenters. The van der Waals surface area contributed by atoms with Gasteiger partial charge in [0, 0.05) is 22.7 Å². The van der Waals surface area contributed by atoms with E-state index in [0.717, 1.165) is 35.6 Å². The summed E-state index contributed by atoms with van der Waals surface area (Å²) in [7, 11) is 0. The van der Waals surface area contributed by atoms with Crippen LogP contribution in [0.3, 0.4) is 0 Å². The highest BCUT2D eigenvalue weighted by Crippen LogP contribution is 2.46. The SMILES string of the molecule is CC(C)(C)OC(=O)n1c(N(c2ccccc2)c2ccc3c(c2)Cc2ccccc2-3)ccc1N(c1ccccc1)c1ccc2c(c1)Cc1ccccc1-2. The molecular formula is C47H39N3O2. The van der Waals surface area contributed by atoms with Gasteiger partial charge in [-0.05, 0) is 139 Å². The first-order valence-corrected chi connectivity index (χ1v) is 17.9. The third kappa shape index (κ3) is 5.55. The van der Waals surface area contributed by atoms with Crippen LogP contribution in [-0.4, -0.2) is 16.3 Å². The molecule has 0 radical (unpaired) electrons. The van der Waals surface area contributed by atoms with Crippen molar-refractivity contribution < 1.29 is 9.53 Å². The topological polar surface area (TPSA) is 37.7 Å². The maximum Gasteiger partial charge on any atom is 0.421 e. The second-order valence-corrected chi connectivity index (χ2v) is 14.6. The van der Waals surface area contributed by atoms with Gasteiger partial charge in [0.15, 0.2) is 0 Å². The van der Waals surface area contributed by atoms with Gasteiger partial charge < -0.3 is 4.74 Å². The lowest BCUT2D eigenvalue weighted by molar-refractivity contribution is 0.0543. The minimum Gasteiger partial charge on any atom is -0.443 e. The third-order valence-corrected chi connectivity index (χ3v) is 9.97. The van der Waals surface area contributed by atoms with E-state index in [2.05, 4.69) is 119 Å². The summed E-state index contributed by atoms with van der Waals surface area (Å²) < 4.78 is 7.94. The number of carbonyl (C=O) groups excluding carboxylic acids is 1. The molecule has 0 unspecified atom stereocenters. The van der Waals surface area contributed by atoms with E-state index in [1.165, 1.54) is 44.5 Å². The number of para-hydroxylation sites is 2. The molecule has 2 aliphatic rings. The van der Waals surface area contributed by atoms with E-state index in [-0.39, 0.29) is 0 Å². The van der Waals surface area contributed by atoms with Crippen LogP contribution < -0.4 is 9.80 Å². The fourth-order valence-electron chi connectivity index (χ4n) is 7.78. The molecule has 0 aliphatic heterocycles. The number of benzene rings is 6. The fourth-order valence-corrected chi connectivity index (χ4v) is 7.78. The molecule has 0 amide bonds. The van der Waals surface area contributed by atoms with Crippen molar-refractivity contribution >= 4 is 40.5 Å². The van der Waals surface area contributed by atoms with Crippen molar-refractivity contribution in [2.75, 3.05) is 9.80 Å². The van der Waals surface area contributed by atoms with Gasteiger partial charge in [0.1, 0.15) is 17.2 Å². The summed E-state index contributed by atoms with van der Waals surface area (Å²) in [5.74, 6) is 1.36. The van der Waals surface area contributed by atoms with E-state index in [9.17, 15) is 4.79 Å². The normalized spacial score (nSPS) is 12.4. The Morgan fingerprint density at radius 2 is 0.885 bits per heavy atom. The largest absolute Gasteiger partial charge is 0.443 e. The van der Waals surface area contributed by atoms with Crippen molar-refractivity contribution in [3.05, 3.63) is 180 Å². The summed E-state index contributed by atoms with van der Waals surface area (Å²) >= 11 is 0. The van der Waals surface area contributed by atoms with Crippen LogP contribution in [0.15, 0.2) is 158 Å². The zero-order valence-electron chi connectivity index (χ0n) is 29.6. The van der Waals surface area contributed by atoms with Gasteiger partial charge in [-0.1, -0.05) is 97.1 Å². The summed E-state index contributed by atoms with van der Waals surface area (Å²) in [5, 5.41) is 0. The predicted octanol–water partition coefficient (Wildman–Crippen LogP) is 12.4. The van der Waals surface area contributed by atoms with Crippen LogP contribution in [-0.2, 0) is 17.6 Å². The Hall–Kier alpha value is -6.33. The molecule has 1 aromatic heterocycles. The number of carbonyl (C=O) groups is 1. The van der Waals surface area contributed by atoms with Crippen LogP contribution in [0.5, 0.6) is 0 Å². The molecule has 0 saturated heterocycles. The Morgan fingerprint density at radius 3 is 1.33 bits per heavy atom. The van der Waals surface area contributed by atoms with Crippen molar-refractivity contribution in [1.29, 1.82) is 0 Å². The predicted molar refractivity (Wildman–Crippen MR) is 212 cm³/mol. The molecule has 6 aromatic carbocycles. The van der Waals surface area contributed by atoms with Crippen molar-refractivity contribution in [3.63, 3.8) is 0 Å². The average molecular weight is 678 g/mol. The lowest BCUT2D eigenvalue weighted by atomic mass is 10.0. The van der Waals surface area contributed by atoms with Crippen LogP contribution in [0.1, 0.15) is 43.0 Å². The highest BCUT2D eigenvalue weighted by atomic mass is 16.6. The Morgan fingerprint density at radius 1 is 0.481 bits per heavy atom. The number of ether oxygens (including phenoxy) is 1. The molecule has 9 rings (SSSR count). The summed E-state index contributed by atoms with van der Waals surface area (Å²) in [6, 6.07) is 55.1. The standard InChI is InChI=1S/C47H39N3O2/c1-47(2,3)52-46(51)50-44(48(36-16-6-4-7-17-36)38-22-24-42-34(30-38)28-32-14-10-12-20-40(32)42)26-27-45(50)49(37-18-8-5-9-19-37)39-23-25-43-35(31-39)29-33-15-11-13-21-41(33)43/h4-27,30-31H,28-29H2,1-3H3. The zero-order valence-corrected chi connectivity index (χ0v) is 29.6. The minimum atomic E-state index is -0.719.